The molecule has 1 amide bonds. The van der Waals surface area contributed by atoms with Crippen LogP contribution in [0.3, 0.4) is 0 Å². The Kier molecular flexibility index (Phi) is 5.63. The van der Waals surface area contributed by atoms with E-state index in [0.29, 0.717) is 24.7 Å². The fraction of sp³-hybridized carbons (Fsp3) is 0.368. The second-order valence-corrected chi connectivity index (χ2v) is 6.24. The second-order valence-electron chi connectivity index (χ2n) is 6.24. The third-order valence-electron chi connectivity index (χ3n) is 4.38. The van der Waals surface area contributed by atoms with E-state index in [4.69, 9.17) is 15.2 Å². The Morgan fingerprint density at radius 3 is 2.84 bits per heavy atom. The van der Waals surface area contributed by atoms with E-state index in [2.05, 4.69) is 10.3 Å². The van der Waals surface area contributed by atoms with Crippen LogP contribution in [0.1, 0.15) is 18.4 Å². The standard InChI is InChI=1S/C19H23N3O3/c1-13-11-15(4-5-17(13)25-16-3-2-8-21-12-16)22-19(23)18(20)14-6-9-24-10-7-14/h2-5,8,11-12,14,18H,6-7,9-10,20H2,1H3,(H,22,23). The summed E-state index contributed by atoms with van der Waals surface area (Å²) in [5.74, 6) is 1.40. The van der Waals surface area contributed by atoms with Gasteiger partial charge in [-0.2, -0.15) is 0 Å². The van der Waals surface area contributed by atoms with Crippen LogP contribution in [0, 0.1) is 12.8 Å². The minimum Gasteiger partial charge on any atom is -0.455 e. The van der Waals surface area contributed by atoms with Gasteiger partial charge in [0.1, 0.15) is 11.5 Å². The number of amides is 1. The number of rotatable bonds is 5. The quantitative estimate of drug-likeness (QED) is 0.873. The summed E-state index contributed by atoms with van der Waals surface area (Å²) in [5.41, 5.74) is 7.74. The molecular weight excluding hydrogens is 318 g/mol. The molecule has 0 saturated carbocycles. The molecule has 1 fully saturated rings. The van der Waals surface area contributed by atoms with Crippen molar-refractivity contribution < 1.29 is 14.3 Å². The maximum Gasteiger partial charge on any atom is 0.241 e. The fourth-order valence-corrected chi connectivity index (χ4v) is 2.89. The zero-order valence-electron chi connectivity index (χ0n) is 14.3. The lowest BCUT2D eigenvalue weighted by Gasteiger charge is -2.26. The topological polar surface area (TPSA) is 86.5 Å². The van der Waals surface area contributed by atoms with Gasteiger partial charge in [0.15, 0.2) is 0 Å². The van der Waals surface area contributed by atoms with Gasteiger partial charge in [-0.05, 0) is 61.6 Å². The fourth-order valence-electron chi connectivity index (χ4n) is 2.89. The highest BCUT2D eigenvalue weighted by Crippen LogP contribution is 2.27. The molecule has 0 bridgehead atoms. The molecule has 1 aromatic carbocycles. The highest BCUT2D eigenvalue weighted by atomic mass is 16.5. The molecule has 0 aliphatic carbocycles. The first kappa shape index (κ1) is 17.4. The van der Waals surface area contributed by atoms with Crippen molar-refractivity contribution in [2.45, 2.75) is 25.8 Å². The number of benzene rings is 1. The Balaban J connectivity index is 1.63. The average molecular weight is 341 g/mol. The highest BCUT2D eigenvalue weighted by Gasteiger charge is 2.26. The summed E-state index contributed by atoms with van der Waals surface area (Å²) in [6.45, 7) is 3.27. The number of nitrogens with two attached hydrogens (primary N) is 1. The van der Waals surface area contributed by atoms with Crippen LogP contribution in [0.4, 0.5) is 5.69 Å². The van der Waals surface area contributed by atoms with Gasteiger partial charge >= 0.3 is 0 Å². The molecule has 3 N–H and O–H groups in total. The molecule has 6 nitrogen and oxygen atoms in total. The number of hydrogen-bond donors (Lipinski definition) is 2. The number of carbonyl (C=O) groups is 1. The van der Waals surface area contributed by atoms with Crippen LogP contribution in [0.2, 0.25) is 0 Å². The van der Waals surface area contributed by atoms with Crippen LogP contribution in [-0.2, 0) is 9.53 Å². The average Bonchev–Trinajstić information content (AvgIpc) is 2.65. The molecule has 1 aliphatic heterocycles. The maximum absolute atomic E-state index is 12.4. The Labute approximate surface area is 147 Å². The molecule has 132 valence electrons. The molecular formula is C19H23N3O3. The van der Waals surface area contributed by atoms with Crippen LogP contribution >= 0.6 is 0 Å². The van der Waals surface area contributed by atoms with Gasteiger partial charge in [0.25, 0.3) is 0 Å². The lowest BCUT2D eigenvalue weighted by Crippen LogP contribution is -2.44. The number of aryl methyl sites for hydroxylation is 1. The Morgan fingerprint density at radius 2 is 2.16 bits per heavy atom. The van der Waals surface area contributed by atoms with E-state index in [1.54, 1.807) is 12.4 Å². The van der Waals surface area contributed by atoms with E-state index in [0.717, 1.165) is 24.2 Å². The number of anilines is 1. The van der Waals surface area contributed by atoms with E-state index >= 15 is 0 Å². The van der Waals surface area contributed by atoms with Crippen molar-refractivity contribution >= 4 is 11.6 Å². The molecule has 1 atom stereocenters. The van der Waals surface area contributed by atoms with Gasteiger partial charge < -0.3 is 20.5 Å². The van der Waals surface area contributed by atoms with Gasteiger partial charge in [0.05, 0.1) is 12.2 Å². The van der Waals surface area contributed by atoms with Crippen molar-refractivity contribution in [3.05, 3.63) is 48.3 Å². The zero-order valence-corrected chi connectivity index (χ0v) is 14.3. The number of pyridine rings is 1. The van der Waals surface area contributed by atoms with Gasteiger partial charge in [0.2, 0.25) is 5.91 Å². The summed E-state index contributed by atoms with van der Waals surface area (Å²) in [5, 5.41) is 2.90. The summed E-state index contributed by atoms with van der Waals surface area (Å²) >= 11 is 0. The van der Waals surface area contributed by atoms with Crippen LogP contribution in [-0.4, -0.2) is 30.1 Å². The minimum absolute atomic E-state index is 0.160. The van der Waals surface area contributed by atoms with E-state index in [1.807, 2.05) is 37.3 Å². The highest BCUT2D eigenvalue weighted by molar-refractivity contribution is 5.95. The number of hydrogen-bond acceptors (Lipinski definition) is 5. The van der Waals surface area contributed by atoms with Crippen molar-refractivity contribution in [3.63, 3.8) is 0 Å². The first-order valence-electron chi connectivity index (χ1n) is 8.46. The smallest absolute Gasteiger partial charge is 0.241 e. The molecule has 2 heterocycles. The summed E-state index contributed by atoms with van der Waals surface area (Å²) in [7, 11) is 0. The molecule has 2 aromatic rings. The van der Waals surface area contributed by atoms with Crippen molar-refractivity contribution in [2.75, 3.05) is 18.5 Å². The van der Waals surface area contributed by atoms with Crippen molar-refractivity contribution in [1.29, 1.82) is 0 Å². The molecule has 1 aromatic heterocycles. The molecule has 1 saturated heterocycles. The first-order valence-corrected chi connectivity index (χ1v) is 8.46. The molecule has 0 spiro atoms. The van der Waals surface area contributed by atoms with Crippen LogP contribution in [0.15, 0.2) is 42.7 Å². The summed E-state index contributed by atoms with van der Waals surface area (Å²) in [4.78, 5) is 16.4. The number of ether oxygens (including phenoxy) is 2. The summed E-state index contributed by atoms with van der Waals surface area (Å²) in [6.07, 6.45) is 5.00. The van der Waals surface area contributed by atoms with Gasteiger partial charge in [-0.15, -0.1) is 0 Å². The van der Waals surface area contributed by atoms with E-state index in [1.165, 1.54) is 0 Å². The predicted octanol–water partition coefficient (Wildman–Crippen LogP) is 2.87. The molecule has 1 aliphatic rings. The van der Waals surface area contributed by atoms with Gasteiger partial charge in [-0.1, -0.05) is 0 Å². The number of carbonyl (C=O) groups excluding carboxylic acids is 1. The van der Waals surface area contributed by atoms with Gasteiger partial charge in [-0.3, -0.25) is 9.78 Å². The Hall–Kier alpha value is -2.44. The summed E-state index contributed by atoms with van der Waals surface area (Å²) in [6, 6.07) is 8.66. The van der Waals surface area contributed by atoms with E-state index < -0.39 is 6.04 Å². The third kappa shape index (κ3) is 4.55. The van der Waals surface area contributed by atoms with Crippen molar-refractivity contribution in [2.24, 2.45) is 11.7 Å². The normalized spacial score (nSPS) is 16.2. The number of nitrogens with one attached hydrogen (secondary N) is 1. The molecule has 6 heteroatoms. The van der Waals surface area contributed by atoms with Crippen LogP contribution in [0.25, 0.3) is 0 Å². The number of aromatic nitrogens is 1. The SMILES string of the molecule is Cc1cc(NC(=O)C(N)C2CCOCC2)ccc1Oc1cccnc1. The number of nitrogens with zero attached hydrogens (tertiary/aromatic N) is 1. The van der Waals surface area contributed by atoms with Crippen molar-refractivity contribution in [1.82, 2.24) is 4.98 Å². The molecule has 1 unspecified atom stereocenters. The molecule has 3 rings (SSSR count). The Morgan fingerprint density at radius 1 is 1.36 bits per heavy atom. The first-order chi connectivity index (χ1) is 12.1. The van der Waals surface area contributed by atoms with E-state index in [9.17, 15) is 4.79 Å². The lowest BCUT2D eigenvalue weighted by molar-refractivity contribution is -0.119. The van der Waals surface area contributed by atoms with Gasteiger partial charge in [0, 0.05) is 25.1 Å². The van der Waals surface area contributed by atoms with Crippen LogP contribution < -0.4 is 15.8 Å². The largest absolute Gasteiger partial charge is 0.455 e. The van der Waals surface area contributed by atoms with E-state index in [-0.39, 0.29) is 11.8 Å². The minimum atomic E-state index is -0.518. The predicted molar refractivity (Wildman–Crippen MR) is 95.6 cm³/mol. The van der Waals surface area contributed by atoms with Crippen molar-refractivity contribution in [3.8, 4) is 11.5 Å². The second kappa shape index (κ2) is 8.09. The van der Waals surface area contributed by atoms with Crippen LogP contribution in [0.5, 0.6) is 11.5 Å². The third-order valence-corrected chi connectivity index (χ3v) is 4.38. The lowest BCUT2D eigenvalue weighted by atomic mass is 9.92. The molecule has 0 radical (unpaired) electrons. The molecule has 25 heavy (non-hydrogen) atoms. The Bertz CT molecular complexity index is 715. The maximum atomic E-state index is 12.4. The van der Waals surface area contributed by atoms with Gasteiger partial charge in [-0.25, -0.2) is 0 Å². The zero-order chi connectivity index (χ0) is 17.6. The monoisotopic (exact) mass is 341 g/mol. The summed E-state index contributed by atoms with van der Waals surface area (Å²) < 4.78 is 11.1.